The van der Waals surface area contributed by atoms with Gasteiger partial charge in [0.2, 0.25) is 0 Å². The van der Waals surface area contributed by atoms with Gasteiger partial charge in [-0.05, 0) is 24.6 Å². The van der Waals surface area contributed by atoms with E-state index in [4.69, 9.17) is 34.3 Å². The quantitative estimate of drug-likeness (QED) is 0.798. The summed E-state index contributed by atoms with van der Waals surface area (Å²) < 4.78 is 29.7. The first-order valence-corrected chi connectivity index (χ1v) is 9.31. The minimum Gasteiger partial charge on any atom is -0.393 e. The lowest BCUT2D eigenvalue weighted by atomic mass is 10.00. The number of nitrogens with two attached hydrogens (primary N) is 1. The maximum absolute atomic E-state index is 12.1. The predicted octanol–water partition coefficient (Wildman–Crippen LogP) is 2.16. The van der Waals surface area contributed by atoms with Crippen molar-refractivity contribution in [2.45, 2.75) is 18.1 Å². The fourth-order valence-corrected chi connectivity index (χ4v) is 5.52. The van der Waals surface area contributed by atoms with Gasteiger partial charge in [-0.15, -0.1) is 0 Å². The Morgan fingerprint density at radius 2 is 2.19 bits per heavy atom. The summed E-state index contributed by atoms with van der Waals surface area (Å²) >= 11 is 11.2. The van der Waals surface area contributed by atoms with E-state index in [-0.39, 0.29) is 17.5 Å². The van der Waals surface area contributed by atoms with Gasteiger partial charge >= 0.3 is 0 Å². The molecule has 0 saturated heterocycles. The number of benzene rings is 1. The highest BCUT2D eigenvalue weighted by Gasteiger charge is 2.71. The number of halogens is 1. The zero-order valence-corrected chi connectivity index (χ0v) is 14.3. The molecule has 0 heterocycles. The van der Waals surface area contributed by atoms with E-state index in [1.807, 2.05) is 13.0 Å². The molecule has 2 N–H and O–H groups in total. The Kier molecular flexibility index (Phi) is 4.63. The topological polar surface area (TPSA) is 69.4 Å². The molecule has 0 spiro atoms. The average Bonchev–Trinajstić information content (AvgIpc) is 3.07. The summed E-state index contributed by atoms with van der Waals surface area (Å²) in [7, 11) is -3.31. The summed E-state index contributed by atoms with van der Waals surface area (Å²) in [5.41, 5.74) is 5.86. The molecular formula is C14H18ClNO3S2. The van der Waals surface area contributed by atoms with Crippen molar-refractivity contribution in [2.75, 3.05) is 19.5 Å². The van der Waals surface area contributed by atoms with E-state index in [1.54, 1.807) is 18.2 Å². The van der Waals surface area contributed by atoms with Gasteiger partial charge in [-0.3, -0.25) is 0 Å². The van der Waals surface area contributed by atoms with Gasteiger partial charge < -0.3 is 10.5 Å². The SMILES string of the molecule is CCOC[C@]1(C(N)=S)[C@@H](c2cccc(Cl)c2)[C@@H]1S(C)(=O)=O. The summed E-state index contributed by atoms with van der Waals surface area (Å²) in [5, 5.41) is -0.104. The molecule has 3 atom stereocenters. The lowest BCUT2D eigenvalue weighted by molar-refractivity contribution is 0.121. The first-order chi connectivity index (χ1) is 9.75. The third-order valence-electron chi connectivity index (χ3n) is 3.93. The second-order valence-electron chi connectivity index (χ2n) is 5.32. The van der Waals surface area contributed by atoms with Crippen LogP contribution in [-0.2, 0) is 14.6 Å². The molecule has 7 heteroatoms. The predicted molar refractivity (Wildman–Crippen MR) is 88.5 cm³/mol. The lowest BCUT2D eigenvalue weighted by Crippen LogP contribution is -2.33. The molecule has 0 aromatic heterocycles. The van der Waals surface area contributed by atoms with Crippen LogP contribution in [-0.4, -0.2) is 38.1 Å². The second-order valence-corrected chi connectivity index (χ2v) is 8.37. The minimum atomic E-state index is -3.31. The van der Waals surface area contributed by atoms with Gasteiger partial charge in [0.05, 0.1) is 22.3 Å². The van der Waals surface area contributed by atoms with Crippen molar-refractivity contribution in [1.82, 2.24) is 0 Å². The largest absolute Gasteiger partial charge is 0.393 e. The maximum atomic E-state index is 12.1. The van der Waals surface area contributed by atoms with Crippen LogP contribution in [0.5, 0.6) is 0 Å². The highest BCUT2D eigenvalue weighted by atomic mass is 35.5. The van der Waals surface area contributed by atoms with Crippen molar-refractivity contribution in [3.05, 3.63) is 34.9 Å². The Hall–Kier alpha value is -0.690. The number of ether oxygens (including phenoxy) is 1. The fraction of sp³-hybridized carbons (Fsp3) is 0.500. The van der Waals surface area contributed by atoms with Gasteiger partial charge in [0, 0.05) is 23.8 Å². The van der Waals surface area contributed by atoms with Crippen molar-refractivity contribution < 1.29 is 13.2 Å². The minimum absolute atomic E-state index is 0.177. The van der Waals surface area contributed by atoms with Gasteiger partial charge in [-0.1, -0.05) is 36.0 Å². The standard InChI is InChI=1S/C14H18ClNO3S2/c1-3-19-8-14(13(16)20)11(12(14)21(2,17)18)9-5-4-6-10(15)7-9/h4-7,11-12H,3,8H2,1-2H3,(H2,16,20)/t11-,12-,14-/m0/s1. The summed E-state index contributed by atoms with van der Waals surface area (Å²) in [6, 6.07) is 7.14. The highest BCUT2D eigenvalue weighted by molar-refractivity contribution is 7.92. The van der Waals surface area contributed by atoms with Crippen LogP contribution in [0.25, 0.3) is 0 Å². The monoisotopic (exact) mass is 347 g/mol. The van der Waals surface area contributed by atoms with E-state index in [1.165, 1.54) is 6.26 Å². The number of hydrogen-bond acceptors (Lipinski definition) is 4. The zero-order valence-electron chi connectivity index (χ0n) is 11.9. The molecule has 2 rings (SSSR count). The van der Waals surface area contributed by atoms with Gasteiger partial charge in [-0.25, -0.2) is 8.42 Å². The van der Waals surface area contributed by atoms with Crippen LogP contribution >= 0.6 is 23.8 Å². The molecule has 4 nitrogen and oxygen atoms in total. The smallest absolute Gasteiger partial charge is 0.152 e. The molecule has 1 aliphatic rings. The Bertz CT molecular complexity index is 662. The van der Waals surface area contributed by atoms with E-state index < -0.39 is 20.5 Å². The van der Waals surface area contributed by atoms with E-state index in [0.717, 1.165) is 5.56 Å². The Balaban J connectivity index is 2.49. The summed E-state index contributed by atoms with van der Waals surface area (Å²) in [6.45, 7) is 2.52. The van der Waals surface area contributed by atoms with Crippen molar-refractivity contribution in [2.24, 2.45) is 11.1 Å². The number of rotatable bonds is 6. The van der Waals surface area contributed by atoms with Crippen molar-refractivity contribution >= 4 is 38.6 Å². The van der Waals surface area contributed by atoms with Gasteiger partial charge in [0.25, 0.3) is 0 Å². The van der Waals surface area contributed by atoms with Gasteiger partial charge in [0.1, 0.15) is 0 Å². The van der Waals surface area contributed by atoms with Crippen LogP contribution in [0.15, 0.2) is 24.3 Å². The van der Waals surface area contributed by atoms with Crippen LogP contribution in [0.2, 0.25) is 5.02 Å². The molecule has 0 aliphatic heterocycles. The summed E-state index contributed by atoms with van der Waals surface area (Å²) in [4.78, 5) is 0.177. The molecule has 21 heavy (non-hydrogen) atoms. The number of sulfone groups is 1. The Morgan fingerprint density at radius 1 is 1.52 bits per heavy atom. The van der Waals surface area contributed by atoms with Crippen LogP contribution in [0.4, 0.5) is 0 Å². The van der Waals surface area contributed by atoms with Crippen LogP contribution in [0, 0.1) is 5.41 Å². The fourth-order valence-electron chi connectivity index (χ4n) is 3.01. The Labute approximate surface area is 135 Å². The Morgan fingerprint density at radius 3 is 2.67 bits per heavy atom. The summed E-state index contributed by atoms with van der Waals surface area (Å²) in [6.07, 6.45) is 1.21. The molecule has 1 aromatic carbocycles. The van der Waals surface area contributed by atoms with Gasteiger partial charge in [0.15, 0.2) is 9.84 Å². The third-order valence-corrected chi connectivity index (χ3v) is 6.16. The molecule has 0 radical (unpaired) electrons. The first-order valence-electron chi connectivity index (χ1n) is 6.57. The van der Waals surface area contributed by atoms with Gasteiger partial charge in [-0.2, -0.15) is 0 Å². The van der Waals surface area contributed by atoms with Crippen molar-refractivity contribution in [3.63, 3.8) is 0 Å². The van der Waals surface area contributed by atoms with Crippen molar-refractivity contribution in [1.29, 1.82) is 0 Å². The van der Waals surface area contributed by atoms with Crippen molar-refractivity contribution in [3.8, 4) is 0 Å². The van der Waals surface area contributed by atoms with Crippen LogP contribution < -0.4 is 5.73 Å². The van der Waals surface area contributed by atoms with Crippen LogP contribution in [0.1, 0.15) is 18.4 Å². The molecule has 1 aromatic rings. The average molecular weight is 348 g/mol. The molecule has 1 aliphatic carbocycles. The third kappa shape index (κ3) is 2.95. The maximum Gasteiger partial charge on any atom is 0.152 e. The number of thiocarbonyl (C=S) groups is 1. The van der Waals surface area contributed by atoms with E-state index >= 15 is 0 Å². The number of hydrogen-bond donors (Lipinski definition) is 1. The summed E-state index contributed by atoms with van der Waals surface area (Å²) in [5.74, 6) is -0.310. The molecule has 0 bridgehead atoms. The normalized spacial score (nSPS) is 28.3. The molecular weight excluding hydrogens is 330 g/mol. The second kappa shape index (κ2) is 5.83. The molecule has 0 amide bonds. The van der Waals surface area contributed by atoms with E-state index in [0.29, 0.717) is 11.6 Å². The lowest BCUT2D eigenvalue weighted by Gasteiger charge is -2.16. The first kappa shape index (κ1) is 16.7. The van der Waals surface area contributed by atoms with E-state index in [9.17, 15) is 8.42 Å². The molecule has 0 unspecified atom stereocenters. The zero-order chi connectivity index (χ0) is 15.8. The highest BCUT2D eigenvalue weighted by Crippen LogP contribution is 2.63. The van der Waals surface area contributed by atoms with E-state index in [2.05, 4.69) is 0 Å². The van der Waals surface area contributed by atoms with Crippen LogP contribution in [0.3, 0.4) is 0 Å². The molecule has 116 valence electrons. The molecule has 1 saturated carbocycles. The molecule has 1 fully saturated rings.